The SMILES string of the molecule is CN(CC(=O)Nc1ccccc1C(F)(F)F)C(=O)CN1CCCCC1. The molecule has 2 amide bonds. The molecule has 0 saturated carbocycles. The van der Waals surface area contributed by atoms with Crippen LogP contribution in [0, 0.1) is 0 Å². The van der Waals surface area contributed by atoms with Gasteiger partial charge in [0.15, 0.2) is 0 Å². The minimum absolute atomic E-state index is 0.221. The van der Waals surface area contributed by atoms with Crippen molar-refractivity contribution in [2.24, 2.45) is 0 Å². The van der Waals surface area contributed by atoms with E-state index in [1.165, 1.54) is 30.1 Å². The number of benzene rings is 1. The molecule has 1 aliphatic rings. The monoisotopic (exact) mass is 357 g/mol. The van der Waals surface area contributed by atoms with Gasteiger partial charge in [0, 0.05) is 7.05 Å². The summed E-state index contributed by atoms with van der Waals surface area (Å²) in [5.74, 6) is -0.882. The minimum atomic E-state index is -4.56. The number of carbonyl (C=O) groups excluding carboxylic acids is 2. The maximum atomic E-state index is 12.9. The number of hydrogen-bond acceptors (Lipinski definition) is 3. The number of likely N-dealkylation sites (tertiary alicyclic amines) is 1. The Kier molecular flexibility index (Phi) is 6.41. The molecule has 1 heterocycles. The Morgan fingerprint density at radius 2 is 1.80 bits per heavy atom. The van der Waals surface area contributed by atoms with Crippen molar-refractivity contribution < 1.29 is 22.8 Å². The van der Waals surface area contributed by atoms with Gasteiger partial charge in [-0.25, -0.2) is 0 Å². The Balaban J connectivity index is 1.90. The molecule has 25 heavy (non-hydrogen) atoms. The second-order valence-electron chi connectivity index (χ2n) is 6.18. The van der Waals surface area contributed by atoms with E-state index < -0.39 is 17.6 Å². The van der Waals surface area contributed by atoms with Crippen molar-refractivity contribution in [3.63, 3.8) is 0 Å². The van der Waals surface area contributed by atoms with Crippen LogP contribution in [0.2, 0.25) is 0 Å². The molecular weight excluding hydrogens is 335 g/mol. The Morgan fingerprint density at radius 1 is 1.16 bits per heavy atom. The third-order valence-electron chi connectivity index (χ3n) is 4.12. The summed E-state index contributed by atoms with van der Waals surface area (Å²) in [4.78, 5) is 27.4. The first-order valence-corrected chi connectivity index (χ1v) is 8.20. The number of para-hydroxylation sites is 1. The molecule has 1 aliphatic heterocycles. The third-order valence-corrected chi connectivity index (χ3v) is 4.12. The number of halogens is 3. The highest BCUT2D eigenvalue weighted by molar-refractivity contribution is 5.95. The molecule has 0 radical (unpaired) electrons. The molecule has 0 bridgehead atoms. The molecule has 1 aromatic carbocycles. The summed E-state index contributed by atoms with van der Waals surface area (Å²) in [7, 11) is 1.47. The van der Waals surface area contributed by atoms with Crippen LogP contribution < -0.4 is 5.32 Å². The summed E-state index contributed by atoms with van der Waals surface area (Å²) >= 11 is 0. The average Bonchev–Trinajstić information content (AvgIpc) is 2.55. The Labute approximate surface area is 144 Å². The fraction of sp³-hybridized carbons (Fsp3) is 0.529. The van der Waals surface area contributed by atoms with Gasteiger partial charge in [-0.2, -0.15) is 13.2 Å². The van der Waals surface area contributed by atoms with Gasteiger partial charge >= 0.3 is 6.18 Å². The normalized spacial score (nSPS) is 15.7. The maximum Gasteiger partial charge on any atom is 0.418 e. The molecule has 1 N–H and O–H groups in total. The molecule has 0 aliphatic carbocycles. The molecule has 2 rings (SSSR count). The van der Waals surface area contributed by atoms with Gasteiger partial charge < -0.3 is 10.2 Å². The lowest BCUT2D eigenvalue weighted by atomic mass is 10.1. The lowest BCUT2D eigenvalue weighted by molar-refractivity contribution is -0.137. The Hall–Kier alpha value is -2.09. The molecule has 1 saturated heterocycles. The van der Waals surface area contributed by atoms with Gasteiger partial charge in [-0.1, -0.05) is 18.6 Å². The average molecular weight is 357 g/mol. The van der Waals surface area contributed by atoms with Gasteiger partial charge in [0.05, 0.1) is 24.3 Å². The predicted octanol–water partition coefficient (Wildman–Crippen LogP) is 2.59. The Bertz CT molecular complexity index is 613. The van der Waals surface area contributed by atoms with E-state index in [2.05, 4.69) is 5.32 Å². The van der Waals surface area contributed by atoms with Crippen molar-refractivity contribution in [3.8, 4) is 0 Å². The van der Waals surface area contributed by atoms with Crippen molar-refractivity contribution >= 4 is 17.5 Å². The fourth-order valence-corrected chi connectivity index (χ4v) is 2.76. The van der Waals surface area contributed by atoms with Crippen molar-refractivity contribution in [2.75, 3.05) is 38.5 Å². The van der Waals surface area contributed by atoms with E-state index in [4.69, 9.17) is 0 Å². The molecular formula is C17H22F3N3O2. The first-order chi connectivity index (χ1) is 11.8. The molecule has 0 unspecified atom stereocenters. The largest absolute Gasteiger partial charge is 0.418 e. The number of nitrogens with zero attached hydrogens (tertiary/aromatic N) is 2. The zero-order valence-corrected chi connectivity index (χ0v) is 14.1. The van der Waals surface area contributed by atoms with Crippen LogP contribution in [0.3, 0.4) is 0 Å². The van der Waals surface area contributed by atoms with Gasteiger partial charge in [0.2, 0.25) is 11.8 Å². The fourth-order valence-electron chi connectivity index (χ4n) is 2.76. The van der Waals surface area contributed by atoms with Crippen molar-refractivity contribution in [1.29, 1.82) is 0 Å². The number of amides is 2. The van der Waals surface area contributed by atoms with Gasteiger partial charge in [0.1, 0.15) is 0 Å². The van der Waals surface area contributed by atoms with Crippen molar-refractivity contribution in [2.45, 2.75) is 25.4 Å². The lowest BCUT2D eigenvalue weighted by Gasteiger charge is -2.27. The second-order valence-corrected chi connectivity index (χ2v) is 6.18. The number of piperidine rings is 1. The van der Waals surface area contributed by atoms with Crippen LogP contribution in [0.15, 0.2) is 24.3 Å². The zero-order valence-electron chi connectivity index (χ0n) is 14.1. The number of alkyl halides is 3. The first-order valence-electron chi connectivity index (χ1n) is 8.20. The summed E-state index contributed by atoms with van der Waals surface area (Å²) in [6, 6.07) is 4.76. The Morgan fingerprint density at radius 3 is 2.44 bits per heavy atom. The van der Waals surface area contributed by atoms with Crippen LogP contribution >= 0.6 is 0 Å². The molecule has 0 spiro atoms. The third kappa shape index (κ3) is 5.74. The first kappa shape index (κ1) is 19.2. The number of likely N-dealkylation sites (N-methyl/N-ethyl adjacent to an activating group) is 1. The molecule has 1 fully saturated rings. The van der Waals surface area contributed by atoms with Crippen LogP contribution in [0.1, 0.15) is 24.8 Å². The van der Waals surface area contributed by atoms with E-state index in [0.29, 0.717) is 0 Å². The minimum Gasteiger partial charge on any atom is -0.335 e. The number of nitrogens with one attached hydrogen (secondary N) is 1. The van der Waals surface area contributed by atoms with Crippen LogP contribution in [0.4, 0.5) is 18.9 Å². The highest BCUT2D eigenvalue weighted by Gasteiger charge is 2.33. The maximum absolute atomic E-state index is 12.9. The smallest absolute Gasteiger partial charge is 0.335 e. The van der Waals surface area contributed by atoms with E-state index >= 15 is 0 Å². The van der Waals surface area contributed by atoms with Crippen LogP contribution in [0.5, 0.6) is 0 Å². The van der Waals surface area contributed by atoms with Crippen LogP contribution in [-0.2, 0) is 15.8 Å². The van der Waals surface area contributed by atoms with E-state index in [9.17, 15) is 22.8 Å². The predicted molar refractivity (Wildman–Crippen MR) is 88.0 cm³/mol. The lowest BCUT2D eigenvalue weighted by Crippen LogP contribution is -2.43. The topological polar surface area (TPSA) is 52.7 Å². The molecule has 0 atom stereocenters. The van der Waals surface area contributed by atoms with Gasteiger partial charge in [-0.3, -0.25) is 14.5 Å². The van der Waals surface area contributed by atoms with E-state index in [-0.39, 0.29) is 24.7 Å². The highest BCUT2D eigenvalue weighted by atomic mass is 19.4. The molecule has 5 nitrogen and oxygen atoms in total. The van der Waals surface area contributed by atoms with Gasteiger partial charge in [-0.15, -0.1) is 0 Å². The van der Waals surface area contributed by atoms with E-state index in [1.807, 2.05) is 4.90 Å². The van der Waals surface area contributed by atoms with Gasteiger partial charge in [-0.05, 0) is 38.1 Å². The molecule has 138 valence electrons. The van der Waals surface area contributed by atoms with Crippen molar-refractivity contribution in [1.82, 2.24) is 9.80 Å². The van der Waals surface area contributed by atoms with E-state index in [1.54, 1.807) is 0 Å². The number of rotatable bonds is 5. The highest BCUT2D eigenvalue weighted by Crippen LogP contribution is 2.34. The van der Waals surface area contributed by atoms with Crippen LogP contribution in [-0.4, -0.2) is 54.8 Å². The quantitative estimate of drug-likeness (QED) is 0.881. The standard InChI is InChI=1S/C17H22F3N3O2/c1-22(16(25)12-23-9-5-2-6-10-23)11-15(24)21-14-8-4-3-7-13(14)17(18,19)20/h3-4,7-8H,2,5-6,9-12H2,1H3,(H,21,24). The zero-order chi connectivity index (χ0) is 18.4. The molecule has 8 heteroatoms. The van der Waals surface area contributed by atoms with Crippen LogP contribution in [0.25, 0.3) is 0 Å². The summed E-state index contributed by atoms with van der Waals surface area (Å²) in [6.45, 7) is 1.64. The number of hydrogen-bond donors (Lipinski definition) is 1. The summed E-state index contributed by atoms with van der Waals surface area (Å²) in [6.07, 6.45) is -1.31. The summed E-state index contributed by atoms with van der Waals surface area (Å²) in [5, 5.41) is 2.24. The van der Waals surface area contributed by atoms with Crippen molar-refractivity contribution in [3.05, 3.63) is 29.8 Å². The summed E-state index contributed by atoms with van der Waals surface area (Å²) < 4.78 is 38.8. The number of carbonyl (C=O) groups is 2. The second kappa shape index (κ2) is 8.33. The summed E-state index contributed by atoms with van der Waals surface area (Å²) in [5.41, 5.74) is -1.22. The van der Waals surface area contributed by atoms with E-state index in [0.717, 1.165) is 38.4 Å². The molecule has 1 aromatic rings. The van der Waals surface area contributed by atoms with Gasteiger partial charge in [0.25, 0.3) is 0 Å². The molecule has 0 aromatic heterocycles. The number of anilines is 1.